The van der Waals surface area contributed by atoms with Crippen LogP contribution in [0.5, 0.6) is 11.5 Å². The van der Waals surface area contributed by atoms with Crippen molar-refractivity contribution in [2.75, 3.05) is 11.5 Å². The third-order valence-electron chi connectivity index (χ3n) is 7.36. The number of unbranched alkanes of at least 4 members (excludes halogenated alkanes) is 1. The zero-order chi connectivity index (χ0) is 29.9. The molecule has 1 saturated heterocycles. The maximum Gasteiger partial charge on any atom is 0.301 e. The average Bonchev–Trinajstić information content (AvgIpc) is 3.71. The summed E-state index contributed by atoms with van der Waals surface area (Å²) in [6, 6.07) is 21.7. The predicted molar refractivity (Wildman–Crippen MR) is 168 cm³/mol. The first kappa shape index (κ1) is 28.9. The molecule has 3 heterocycles. The van der Waals surface area contributed by atoms with E-state index >= 15 is 0 Å². The van der Waals surface area contributed by atoms with Gasteiger partial charge in [-0.25, -0.2) is 0 Å². The van der Waals surface area contributed by atoms with Crippen molar-refractivity contribution in [2.45, 2.75) is 55.3 Å². The Balaban J connectivity index is 1.39. The summed E-state index contributed by atoms with van der Waals surface area (Å²) in [6.07, 6.45) is 2.61. The SMILES string of the molecule is CCCCOc1cccc([C@H]2C(=C(O)c3ccc4c(c3)C[C@@H](C)O4)C(=O)C(=O)N2c2nnc(SCc3ccccc3)s2)c1. The number of nitrogens with zero attached hydrogens (tertiary/aromatic N) is 3. The number of ether oxygens (including phenoxy) is 2. The van der Waals surface area contributed by atoms with E-state index in [1.165, 1.54) is 28.0 Å². The second kappa shape index (κ2) is 12.6. The molecule has 1 fully saturated rings. The molecule has 1 amide bonds. The second-order valence-electron chi connectivity index (χ2n) is 10.5. The number of hydrogen-bond acceptors (Lipinski definition) is 9. The molecule has 43 heavy (non-hydrogen) atoms. The number of thioether (sulfide) groups is 1. The van der Waals surface area contributed by atoms with Crippen molar-refractivity contribution >= 4 is 45.7 Å². The first-order chi connectivity index (χ1) is 20.9. The Morgan fingerprint density at radius 2 is 1.93 bits per heavy atom. The van der Waals surface area contributed by atoms with Crippen molar-refractivity contribution in [3.05, 3.63) is 101 Å². The minimum absolute atomic E-state index is 0.00342. The molecular formula is C33H31N3O5S2. The number of aliphatic hydroxyl groups excluding tert-OH is 1. The highest BCUT2D eigenvalue weighted by atomic mass is 32.2. The van der Waals surface area contributed by atoms with Gasteiger partial charge in [0.1, 0.15) is 23.4 Å². The van der Waals surface area contributed by atoms with Gasteiger partial charge >= 0.3 is 5.91 Å². The van der Waals surface area contributed by atoms with Crippen molar-refractivity contribution < 1.29 is 24.2 Å². The number of carbonyl (C=O) groups is 2. The monoisotopic (exact) mass is 613 g/mol. The number of fused-ring (bicyclic) bond motifs is 1. The molecule has 8 nitrogen and oxygen atoms in total. The zero-order valence-electron chi connectivity index (χ0n) is 23.9. The number of rotatable bonds is 10. The molecule has 0 bridgehead atoms. The number of aliphatic hydroxyl groups is 1. The largest absolute Gasteiger partial charge is 0.507 e. The minimum Gasteiger partial charge on any atom is -0.507 e. The van der Waals surface area contributed by atoms with E-state index < -0.39 is 17.7 Å². The van der Waals surface area contributed by atoms with Gasteiger partial charge in [-0.3, -0.25) is 14.5 Å². The van der Waals surface area contributed by atoms with Gasteiger partial charge in [0, 0.05) is 17.7 Å². The van der Waals surface area contributed by atoms with Gasteiger partial charge in [0.25, 0.3) is 5.78 Å². The van der Waals surface area contributed by atoms with Gasteiger partial charge in [0.05, 0.1) is 18.2 Å². The topological polar surface area (TPSA) is 102 Å². The number of aromatic nitrogens is 2. The minimum atomic E-state index is -0.918. The van der Waals surface area contributed by atoms with E-state index in [-0.39, 0.29) is 22.6 Å². The van der Waals surface area contributed by atoms with Crippen LogP contribution in [0, 0.1) is 0 Å². The van der Waals surface area contributed by atoms with Crippen LogP contribution in [0.4, 0.5) is 5.13 Å². The Hall–Kier alpha value is -4.15. The molecule has 6 rings (SSSR count). The van der Waals surface area contributed by atoms with Crippen LogP contribution in [-0.4, -0.2) is 39.7 Å². The molecule has 0 radical (unpaired) electrons. The molecule has 2 aliphatic heterocycles. The molecule has 10 heteroatoms. The summed E-state index contributed by atoms with van der Waals surface area (Å²) < 4.78 is 12.4. The van der Waals surface area contributed by atoms with Gasteiger partial charge < -0.3 is 14.6 Å². The van der Waals surface area contributed by atoms with Crippen LogP contribution in [0.2, 0.25) is 0 Å². The molecule has 2 aliphatic rings. The predicted octanol–water partition coefficient (Wildman–Crippen LogP) is 6.96. The van der Waals surface area contributed by atoms with E-state index in [0.717, 1.165) is 29.7 Å². The molecule has 1 aromatic heterocycles. The molecule has 0 spiro atoms. The van der Waals surface area contributed by atoms with Gasteiger partial charge in [0.2, 0.25) is 5.13 Å². The Kier molecular flexibility index (Phi) is 8.49. The van der Waals surface area contributed by atoms with Crippen LogP contribution in [0.15, 0.2) is 82.7 Å². The van der Waals surface area contributed by atoms with E-state index in [1.54, 1.807) is 12.1 Å². The van der Waals surface area contributed by atoms with Gasteiger partial charge in [-0.05, 0) is 60.4 Å². The summed E-state index contributed by atoms with van der Waals surface area (Å²) in [6.45, 7) is 4.62. The van der Waals surface area contributed by atoms with Crippen LogP contribution in [0.25, 0.3) is 5.76 Å². The Bertz CT molecular complexity index is 1690. The number of amides is 1. The van der Waals surface area contributed by atoms with Crippen LogP contribution >= 0.6 is 23.1 Å². The number of carbonyl (C=O) groups excluding carboxylic acids is 2. The second-order valence-corrected chi connectivity index (χ2v) is 12.7. The first-order valence-corrected chi connectivity index (χ1v) is 16.1. The van der Waals surface area contributed by atoms with E-state index in [0.29, 0.717) is 40.0 Å². The quantitative estimate of drug-likeness (QED) is 0.0512. The highest BCUT2D eigenvalue weighted by molar-refractivity contribution is 8.00. The Morgan fingerprint density at radius 1 is 1.09 bits per heavy atom. The number of anilines is 1. The third kappa shape index (κ3) is 6.03. The number of hydrogen-bond donors (Lipinski definition) is 1. The summed E-state index contributed by atoms with van der Waals surface area (Å²) in [5.41, 5.74) is 3.15. The fraction of sp³-hybridized carbons (Fsp3) is 0.273. The zero-order valence-corrected chi connectivity index (χ0v) is 25.5. The molecule has 220 valence electrons. The Labute approximate surface area is 258 Å². The van der Waals surface area contributed by atoms with Gasteiger partial charge in [-0.15, -0.1) is 10.2 Å². The van der Waals surface area contributed by atoms with Crippen molar-refractivity contribution in [3.8, 4) is 11.5 Å². The molecular weight excluding hydrogens is 583 g/mol. The summed E-state index contributed by atoms with van der Waals surface area (Å²) >= 11 is 2.75. The van der Waals surface area contributed by atoms with E-state index in [4.69, 9.17) is 9.47 Å². The lowest BCUT2D eigenvalue weighted by atomic mass is 9.94. The molecule has 4 aromatic rings. The number of benzene rings is 3. The van der Waals surface area contributed by atoms with Crippen LogP contribution < -0.4 is 14.4 Å². The fourth-order valence-corrected chi connectivity index (χ4v) is 7.08. The summed E-state index contributed by atoms with van der Waals surface area (Å²) in [4.78, 5) is 28.7. The van der Waals surface area contributed by atoms with Gasteiger partial charge in [-0.2, -0.15) is 0 Å². The van der Waals surface area contributed by atoms with Crippen LogP contribution in [0.3, 0.4) is 0 Å². The molecule has 0 unspecified atom stereocenters. The molecule has 2 atom stereocenters. The standard InChI is InChI=1S/C33H31N3O5S2/c1-3-4-15-40-25-12-8-11-22(18-25)28-27(29(37)23-13-14-26-24(17-23)16-20(2)41-26)30(38)31(39)36(28)32-34-35-33(43-32)42-19-21-9-6-5-7-10-21/h5-14,17-18,20,28,37H,3-4,15-16,19H2,1-2H3/t20-,28+/m1/s1. The number of Topliss-reactive ketones (excluding diaryl/α,β-unsaturated/α-hetero) is 1. The highest BCUT2D eigenvalue weighted by Crippen LogP contribution is 2.45. The average molecular weight is 614 g/mol. The normalized spacial score (nSPS) is 19.0. The highest BCUT2D eigenvalue weighted by Gasteiger charge is 2.48. The lowest BCUT2D eigenvalue weighted by Gasteiger charge is -2.23. The third-order valence-corrected chi connectivity index (χ3v) is 9.49. The van der Waals surface area contributed by atoms with Crippen molar-refractivity contribution in [1.29, 1.82) is 0 Å². The first-order valence-electron chi connectivity index (χ1n) is 14.3. The smallest absolute Gasteiger partial charge is 0.301 e. The van der Waals surface area contributed by atoms with Crippen LogP contribution in [0.1, 0.15) is 55.0 Å². The molecule has 0 aliphatic carbocycles. The van der Waals surface area contributed by atoms with Crippen LogP contribution in [-0.2, 0) is 21.8 Å². The summed E-state index contributed by atoms with van der Waals surface area (Å²) in [5.74, 6) is 0.282. The van der Waals surface area contributed by atoms with E-state index in [9.17, 15) is 14.7 Å². The van der Waals surface area contributed by atoms with E-state index in [2.05, 4.69) is 17.1 Å². The van der Waals surface area contributed by atoms with Crippen molar-refractivity contribution in [1.82, 2.24) is 10.2 Å². The molecule has 1 N–H and O–H groups in total. The Morgan fingerprint density at radius 3 is 2.74 bits per heavy atom. The maximum atomic E-state index is 13.7. The lowest BCUT2D eigenvalue weighted by molar-refractivity contribution is -0.132. The van der Waals surface area contributed by atoms with Gasteiger partial charge in [-0.1, -0.05) is 78.9 Å². The number of ketones is 1. The molecule has 3 aromatic carbocycles. The van der Waals surface area contributed by atoms with E-state index in [1.807, 2.05) is 67.6 Å². The fourth-order valence-electron chi connectivity index (χ4n) is 5.26. The summed E-state index contributed by atoms with van der Waals surface area (Å²) in [7, 11) is 0. The molecule has 0 saturated carbocycles. The summed E-state index contributed by atoms with van der Waals surface area (Å²) in [5, 5.41) is 20.6. The maximum absolute atomic E-state index is 13.7. The van der Waals surface area contributed by atoms with Crippen molar-refractivity contribution in [3.63, 3.8) is 0 Å². The van der Waals surface area contributed by atoms with Crippen molar-refractivity contribution in [2.24, 2.45) is 0 Å². The van der Waals surface area contributed by atoms with Gasteiger partial charge in [0.15, 0.2) is 4.34 Å². The lowest BCUT2D eigenvalue weighted by Crippen LogP contribution is -2.29.